The zero-order valence-corrected chi connectivity index (χ0v) is 16.1. The Balaban J connectivity index is 1.75. The second-order valence-corrected chi connectivity index (χ2v) is 8.26. The average Bonchev–Trinajstić information content (AvgIpc) is 3.14. The molecule has 2 N–H and O–H groups in total. The predicted octanol–water partition coefficient (Wildman–Crippen LogP) is 3.41. The largest absolute Gasteiger partial charge is 0.322 e. The number of anilines is 2. The molecule has 0 radical (unpaired) electrons. The molecule has 0 saturated heterocycles. The van der Waals surface area contributed by atoms with Crippen LogP contribution in [0.15, 0.2) is 58.9 Å². The van der Waals surface area contributed by atoms with Gasteiger partial charge in [0.25, 0.3) is 21.6 Å². The van der Waals surface area contributed by atoms with Crippen molar-refractivity contribution in [1.82, 2.24) is 4.98 Å². The molecule has 3 rings (SSSR count). The Kier molecular flexibility index (Phi) is 5.38. The number of aromatic nitrogens is 1. The predicted molar refractivity (Wildman–Crippen MR) is 105 cm³/mol. The summed E-state index contributed by atoms with van der Waals surface area (Å²) in [6.45, 7) is 1.58. The minimum absolute atomic E-state index is 0.00618. The van der Waals surface area contributed by atoms with Gasteiger partial charge in [0.2, 0.25) is 0 Å². The number of rotatable bonds is 6. The molecule has 0 spiro atoms. The highest BCUT2D eigenvalue weighted by molar-refractivity contribution is 7.93. The number of nitrogens with one attached hydrogen (secondary N) is 2. The van der Waals surface area contributed by atoms with E-state index < -0.39 is 20.9 Å². The number of nitrogens with zero attached hydrogens (tertiary/aromatic N) is 2. The van der Waals surface area contributed by atoms with Crippen molar-refractivity contribution in [1.29, 1.82) is 0 Å². The van der Waals surface area contributed by atoms with Gasteiger partial charge in [-0.15, -0.1) is 11.3 Å². The highest BCUT2D eigenvalue weighted by Crippen LogP contribution is 2.22. The monoisotopic (exact) mass is 418 g/mol. The zero-order chi connectivity index (χ0) is 20.3. The molecule has 0 unspecified atom stereocenters. The summed E-state index contributed by atoms with van der Waals surface area (Å²) in [6.07, 6.45) is 1.48. The number of benzene rings is 2. The van der Waals surface area contributed by atoms with Gasteiger partial charge in [-0.3, -0.25) is 19.6 Å². The lowest BCUT2D eigenvalue weighted by atomic mass is 10.1. The topological polar surface area (TPSA) is 131 Å². The highest BCUT2D eigenvalue weighted by atomic mass is 32.2. The summed E-state index contributed by atoms with van der Waals surface area (Å²) in [5, 5.41) is 15.5. The first-order valence-corrected chi connectivity index (χ1v) is 10.2. The van der Waals surface area contributed by atoms with Gasteiger partial charge in [0, 0.05) is 34.5 Å². The van der Waals surface area contributed by atoms with Crippen molar-refractivity contribution in [3.8, 4) is 0 Å². The van der Waals surface area contributed by atoms with E-state index in [0.29, 0.717) is 11.3 Å². The van der Waals surface area contributed by atoms with Crippen LogP contribution < -0.4 is 10.0 Å². The smallest absolute Gasteiger partial charge is 0.273 e. The van der Waals surface area contributed by atoms with Gasteiger partial charge in [-0.05, 0) is 37.3 Å². The SMILES string of the molecule is Cc1ccc(C(=O)Nc2ccc(S(=O)(=O)Nc3nccs3)cc2)cc1[N+](=O)[O-]. The maximum absolute atomic E-state index is 12.3. The van der Waals surface area contributed by atoms with Gasteiger partial charge in [0.05, 0.1) is 9.82 Å². The van der Waals surface area contributed by atoms with Crippen LogP contribution in [0, 0.1) is 17.0 Å². The molecule has 144 valence electrons. The Labute approximate surface area is 164 Å². The second kappa shape index (κ2) is 7.74. The van der Waals surface area contributed by atoms with Crippen LogP contribution in [0.25, 0.3) is 0 Å². The van der Waals surface area contributed by atoms with E-state index in [0.717, 1.165) is 11.3 Å². The summed E-state index contributed by atoms with van der Waals surface area (Å²) in [4.78, 5) is 26.6. The molecule has 1 amide bonds. The molecule has 0 fully saturated rings. The fourth-order valence-electron chi connectivity index (χ4n) is 2.32. The number of carbonyl (C=O) groups excluding carboxylic acids is 1. The van der Waals surface area contributed by atoms with E-state index in [9.17, 15) is 23.3 Å². The molecule has 0 atom stereocenters. The molecule has 0 saturated carbocycles. The number of thiazole rings is 1. The van der Waals surface area contributed by atoms with Gasteiger partial charge in [-0.25, -0.2) is 13.4 Å². The number of aryl methyl sites for hydroxylation is 1. The lowest BCUT2D eigenvalue weighted by Gasteiger charge is -2.08. The second-order valence-electron chi connectivity index (χ2n) is 5.68. The minimum atomic E-state index is -3.79. The van der Waals surface area contributed by atoms with Crippen molar-refractivity contribution >= 4 is 43.8 Å². The molecular weight excluding hydrogens is 404 g/mol. The zero-order valence-electron chi connectivity index (χ0n) is 14.4. The minimum Gasteiger partial charge on any atom is -0.322 e. The highest BCUT2D eigenvalue weighted by Gasteiger charge is 2.17. The van der Waals surface area contributed by atoms with Crippen LogP contribution in [-0.2, 0) is 10.0 Å². The number of nitro groups is 1. The maximum Gasteiger partial charge on any atom is 0.273 e. The van der Waals surface area contributed by atoms with Crippen molar-refractivity contribution in [2.75, 3.05) is 10.0 Å². The number of hydrogen-bond acceptors (Lipinski definition) is 7. The number of amides is 1. The van der Waals surface area contributed by atoms with Crippen LogP contribution in [0.3, 0.4) is 0 Å². The average molecular weight is 418 g/mol. The number of nitro benzene ring substituents is 1. The van der Waals surface area contributed by atoms with E-state index in [-0.39, 0.29) is 21.3 Å². The fourth-order valence-corrected chi connectivity index (χ4v) is 4.10. The van der Waals surface area contributed by atoms with Crippen LogP contribution in [0.2, 0.25) is 0 Å². The van der Waals surface area contributed by atoms with Gasteiger partial charge in [-0.2, -0.15) is 0 Å². The van der Waals surface area contributed by atoms with E-state index in [2.05, 4.69) is 15.0 Å². The molecule has 0 bridgehead atoms. The first-order valence-electron chi connectivity index (χ1n) is 7.85. The third-order valence-electron chi connectivity index (χ3n) is 3.74. The summed E-state index contributed by atoms with van der Waals surface area (Å²) >= 11 is 1.15. The molecule has 3 aromatic rings. The molecule has 2 aromatic carbocycles. The lowest BCUT2D eigenvalue weighted by Crippen LogP contribution is -2.14. The van der Waals surface area contributed by atoms with E-state index in [1.165, 1.54) is 48.7 Å². The fraction of sp³-hybridized carbons (Fsp3) is 0.0588. The standard InChI is InChI=1S/C17H14N4O5S2/c1-11-2-3-12(10-15(11)21(23)24)16(22)19-13-4-6-14(7-5-13)28(25,26)20-17-18-8-9-27-17/h2-10H,1H3,(H,18,20)(H,19,22). The molecule has 0 aliphatic heterocycles. The maximum atomic E-state index is 12.3. The Morgan fingerprint density at radius 3 is 2.50 bits per heavy atom. The third kappa shape index (κ3) is 4.32. The van der Waals surface area contributed by atoms with Gasteiger partial charge in [-0.1, -0.05) is 6.07 Å². The lowest BCUT2D eigenvalue weighted by molar-refractivity contribution is -0.385. The van der Waals surface area contributed by atoms with Gasteiger partial charge in [0.15, 0.2) is 5.13 Å². The number of sulfonamides is 1. The molecule has 28 heavy (non-hydrogen) atoms. The number of carbonyl (C=O) groups is 1. The summed E-state index contributed by atoms with van der Waals surface area (Å²) < 4.78 is 26.9. The Morgan fingerprint density at radius 1 is 1.18 bits per heavy atom. The molecular formula is C17H14N4O5S2. The van der Waals surface area contributed by atoms with Crippen molar-refractivity contribution in [3.05, 3.63) is 75.3 Å². The van der Waals surface area contributed by atoms with E-state index >= 15 is 0 Å². The Bertz CT molecular complexity index is 1130. The van der Waals surface area contributed by atoms with E-state index in [1.54, 1.807) is 12.3 Å². The summed E-state index contributed by atoms with van der Waals surface area (Å²) in [6, 6.07) is 9.70. The van der Waals surface area contributed by atoms with Crippen LogP contribution in [-0.4, -0.2) is 24.2 Å². The summed E-state index contributed by atoms with van der Waals surface area (Å²) in [5.41, 5.74) is 0.770. The van der Waals surface area contributed by atoms with Gasteiger partial charge >= 0.3 is 0 Å². The van der Waals surface area contributed by atoms with Crippen molar-refractivity contribution in [2.24, 2.45) is 0 Å². The number of hydrogen-bond donors (Lipinski definition) is 2. The molecule has 0 aliphatic rings. The first-order chi connectivity index (χ1) is 13.3. The molecule has 1 aromatic heterocycles. The first kappa shape index (κ1) is 19.5. The van der Waals surface area contributed by atoms with E-state index in [4.69, 9.17) is 0 Å². The van der Waals surface area contributed by atoms with Crippen molar-refractivity contribution in [3.63, 3.8) is 0 Å². The molecule has 0 aliphatic carbocycles. The van der Waals surface area contributed by atoms with Crippen LogP contribution in [0.1, 0.15) is 15.9 Å². The van der Waals surface area contributed by atoms with Crippen molar-refractivity contribution < 1.29 is 18.1 Å². The molecule has 9 nitrogen and oxygen atoms in total. The Hall–Kier alpha value is -3.31. The van der Waals surface area contributed by atoms with E-state index in [1.807, 2.05) is 0 Å². The third-order valence-corrected chi connectivity index (χ3v) is 5.92. The summed E-state index contributed by atoms with van der Waals surface area (Å²) in [7, 11) is -3.79. The van der Waals surface area contributed by atoms with Crippen LogP contribution in [0.5, 0.6) is 0 Å². The normalized spacial score (nSPS) is 11.0. The summed E-state index contributed by atoms with van der Waals surface area (Å²) in [5.74, 6) is -0.542. The van der Waals surface area contributed by atoms with Crippen LogP contribution in [0.4, 0.5) is 16.5 Å². The quantitative estimate of drug-likeness (QED) is 0.466. The van der Waals surface area contributed by atoms with Gasteiger partial charge < -0.3 is 5.32 Å². The Morgan fingerprint density at radius 2 is 1.89 bits per heavy atom. The molecule has 11 heteroatoms. The van der Waals surface area contributed by atoms with Gasteiger partial charge in [0.1, 0.15) is 0 Å². The van der Waals surface area contributed by atoms with Crippen molar-refractivity contribution in [2.45, 2.75) is 11.8 Å². The molecule has 1 heterocycles. The van der Waals surface area contributed by atoms with Crippen LogP contribution >= 0.6 is 11.3 Å².